The molecule has 154 valence electrons. The lowest BCUT2D eigenvalue weighted by atomic mass is 10.1. The average molecular weight is 436 g/mol. The molecular weight excluding hydrogens is 410 g/mol. The number of nitrogens with one attached hydrogen (secondary N) is 1. The highest BCUT2D eigenvalue weighted by atomic mass is 32.2. The van der Waals surface area contributed by atoms with Crippen LogP contribution in [0.1, 0.15) is 28.7 Å². The fourth-order valence-corrected chi connectivity index (χ4v) is 5.70. The second-order valence-corrected chi connectivity index (χ2v) is 10.0. The zero-order valence-corrected chi connectivity index (χ0v) is 18.4. The van der Waals surface area contributed by atoms with Crippen molar-refractivity contribution in [2.75, 3.05) is 11.1 Å². The van der Waals surface area contributed by atoms with E-state index in [2.05, 4.69) is 23.5 Å². The molecule has 3 aromatic rings. The van der Waals surface area contributed by atoms with Crippen LogP contribution in [0.3, 0.4) is 0 Å². The van der Waals surface area contributed by atoms with Gasteiger partial charge >= 0.3 is 0 Å². The molecule has 0 saturated heterocycles. The SMILES string of the molecule is O=C(CSc1ccc2c(c1)CCC2)Nc1cccc(CS(=O)Cc2ccccc2)c1. The van der Waals surface area contributed by atoms with E-state index in [-0.39, 0.29) is 5.91 Å². The molecule has 0 radical (unpaired) electrons. The number of carbonyl (C=O) groups excluding carboxylic acids is 1. The quantitative estimate of drug-likeness (QED) is 0.485. The number of rotatable bonds is 8. The van der Waals surface area contributed by atoms with Gasteiger partial charge in [-0.1, -0.05) is 48.5 Å². The van der Waals surface area contributed by atoms with Crippen LogP contribution in [0.5, 0.6) is 0 Å². The third-order valence-electron chi connectivity index (χ3n) is 5.15. The van der Waals surface area contributed by atoms with E-state index in [0.717, 1.165) is 28.1 Å². The van der Waals surface area contributed by atoms with Gasteiger partial charge in [0.05, 0.1) is 5.75 Å². The van der Waals surface area contributed by atoms with E-state index in [4.69, 9.17) is 0 Å². The molecule has 0 spiro atoms. The van der Waals surface area contributed by atoms with Crippen molar-refractivity contribution < 1.29 is 9.00 Å². The van der Waals surface area contributed by atoms with Crippen LogP contribution in [0.25, 0.3) is 0 Å². The summed E-state index contributed by atoms with van der Waals surface area (Å²) in [6.45, 7) is 0. The smallest absolute Gasteiger partial charge is 0.234 e. The molecule has 1 N–H and O–H groups in total. The van der Waals surface area contributed by atoms with E-state index < -0.39 is 10.8 Å². The summed E-state index contributed by atoms with van der Waals surface area (Å²) in [6, 6.07) is 24.1. The lowest BCUT2D eigenvalue weighted by Crippen LogP contribution is -2.14. The van der Waals surface area contributed by atoms with Crippen LogP contribution in [-0.4, -0.2) is 15.9 Å². The molecule has 0 fully saturated rings. The minimum absolute atomic E-state index is 0.0249. The topological polar surface area (TPSA) is 46.2 Å². The lowest BCUT2D eigenvalue weighted by molar-refractivity contribution is -0.113. The second kappa shape index (κ2) is 10.1. The van der Waals surface area contributed by atoms with Gasteiger partial charge in [-0.3, -0.25) is 9.00 Å². The van der Waals surface area contributed by atoms with Crippen molar-refractivity contribution in [2.24, 2.45) is 0 Å². The summed E-state index contributed by atoms with van der Waals surface area (Å²) in [6.07, 6.45) is 3.55. The van der Waals surface area contributed by atoms with Crippen molar-refractivity contribution in [2.45, 2.75) is 35.7 Å². The lowest BCUT2D eigenvalue weighted by Gasteiger charge is -2.09. The summed E-state index contributed by atoms with van der Waals surface area (Å²) in [4.78, 5) is 13.6. The zero-order chi connectivity index (χ0) is 20.8. The first-order valence-electron chi connectivity index (χ1n) is 10.2. The first kappa shape index (κ1) is 20.9. The maximum Gasteiger partial charge on any atom is 0.234 e. The number of aryl methyl sites for hydroxylation is 2. The molecule has 3 nitrogen and oxygen atoms in total. The summed E-state index contributed by atoms with van der Waals surface area (Å²) in [5, 5.41) is 2.97. The van der Waals surface area contributed by atoms with E-state index in [9.17, 15) is 9.00 Å². The van der Waals surface area contributed by atoms with Gasteiger partial charge in [-0.05, 0) is 65.8 Å². The predicted octanol–water partition coefficient (Wildman–Crippen LogP) is 5.36. The number of anilines is 1. The van der Waals surface area contributed by atoms with Crippen molar-refractivity contribution >= 4 is 34.2 Å². The molecule has 0 aromatic heterocycles. The summed E-state index contributed by atoms with van der Waals surface area (Å²) in [5.74, 6) is 1.36. The molecule has 1 aliphatic carbocycles. The van der Waals surface area contributed by atoms with Crippen LogP contribution >= 0.6 is 11.8 Å². The van der Waals surface area contributed by atoms with Crippen LogP contribution in [0.4, 0.5) is 5.69 Å². The maximum absolute atomic E-state index is 12.5. The Morgan fingerprint density at radius 1 is 0.867 bits per heavy atom. The molecule has 1 unspecified atom stereocenters. The van der Waals surface area contributed by atoms with Crippen molar-refractivity contribution in [3.63, 3.8) is 0 Å². The number of hydrogen-bond donors (Lipinski definition) is 1. The van der Waals surface area contributed by atoms with Crippen LogP contribution in [-0.2, 0) is 39.9 Å². The molecule has 0 bridgehead atoms. The molecule has 4 rings (SSSR count). The highest BCUT2D eigenvalue weighted by Gasteiger charge is 2.12. The number of amides is 1. The molecule has 1 atom stereocenters. The largest absolute Gasteiger partial charge is 0.325 e. The third kappa shape index (κ3) is 5.83. The normalized spacial score (nSPS) is 13.6. The highest BCUT2D eigenvalue weighted by molar-refractivity contribution is 8.00. The molecule has 5 heteroatoms. The van der Waals surface area contributed by atoms with Gasteiger partial charge in [0.25, 0.3) is 0 Å². The van der Waals surface area contributed by atoms with Gasteiger partial charge in [0.15, 0.2) is 0 Å². The van der Waals surface area contributed by atoms with Crippen LogP contribution in [0, 0.1) is 0 Å². The monoisotopic (exact) mass is 435 g/mol. The minimum Gasteiger partial charge on any atom is -0.325 e. The van der Waals surface area contributed by atoms with E-state index in [1.54, 1.807) is 11.8 Å². The molecule has 0 heterocycles. The van der Waals surface area contributed by atoms with E-state index in [1.165, 1.54) is 24.0 Å². The number of benzene rings is 3. The molecule has 0 aliphatic heterocycles. The maximum atomic E-state index is 12.5. The van der Waals surface area contributed by atoms with E-state index in [1.807, 2.05) is 54.6 Å². The van der Waals surface area contributed by atoms with Crippen LogP contribution < -0.4 is 5.32 Å². The number of carbonyl (C=O) groups is 1. The van der Waals surface area contributed by atoms with Crippen molar-refractivity contribution in [1.29, 1.82) is 0 Å². The fourth-order valence-electron chi connectivity index (χ4n) is 3.72. The Labute approximate surface area is 184 Å². The molecule has 30 heavy (non-hydrogen) atoms. The van der Waals surface area contributed by atoms with E-state index in [0.29, 0.717) is 17.3 Å². The van der Waals surface area contributed by atoms with E-state index >= 15 is 0 Å². The molecule has 1 aliphatic rings. The highest BCUT2D eigenvalue weighted by Crippen LogP contribution is 2.27. The molecular formula is C25H25NO2S2. The van der Waals surface area contributed by atoms with Gasteiger partial charge in [0, 0.05) is 32.9 Å². The van der Waals surface area contributed by atoms with Gasteiger partial charge in [-0.25, -0.2) is 0 Å². The van der Waals surface area contributed by atoms with Gasteiger partial charge in [-0.15, -0.1) is 11.8 Å². The van der Waals surface area contributed by atoms with Crippen molar-refractivity contribution in [1.82, 2.24) is 0 Å². The number of thioether (sulfide) groups is 1. The first-order chi connectivity index (χ1) is 14.7. The molecule has 0 saturated carbocycles. The predicted molar refractivity (Wildman–Crippen MR) is 126 cm³/mol. The zero-order valence-electron chi connectivity index (χ0n) is 16.8. The Balaban J connectivity index is 1.29. The Kier molecular flexibility index (Phi) is 7.03. The van der Waals surface area contributed by atoms with Gasteiger partial charge in [-0.2, -0.15) is 0 Å². The summed E-state index contributed by atoms with van der Waals surface area (Å²) in [7, 11) is -0.988. The Morgan fingerprint density at radius 2 is 1.63 bits per heavy atom. The summed E-state index contributed by atoms with van der Waals surface area (Å²) in [5.41, 5.74) is 5.67. The molecule has 3 aromatic carbocycles. The fraction of sp³-hybridized carbons (Fsp3) is 0.240. The first-order valence-corrected chi connectivity index (χ1v) is 12.7. The Bertz CT molecular complexity index is 1050. The number of fused-ring (bicyclic) bond motifs is 1. The second-order valence-electron chi connectivity index (χ2n) is 7.54. The molecule has 1 amide bonds. The van der Waals surface area contributed by atoms with Crippen LogP contribution in [0.15, 0.2) is 77.7 Å². The standard InChI is InChI=1S/C25H25NO2S2/c27-25(16-29-24-13-12-21-9-5-10-22(21)15-24)26-23-11-4-8-20(14-23)18-30(28)17-19-6-2-1-3-7-19/h1-4,6-8,11-15H,5,9-10,16-18H2,(H,26,27). The van der Waals surface area contributed by atoms with Gasteiger partial charge in [0.1, 0.15) is 0 Å². The minimum atomic E-state index is -0.988. The van der Waals surface area contributed by atoms with Crippen molar-refractivity contribution in [3.05, 3.63) is 95.1 Å². The third-order valence-corrected chi connectivity index (χ3v) is 7.45. The average Bonchev–Trinajstić information content (AvgIpc) is 3.21. The van der Waals surface area contributed by atoms with Crippen molar-refractivity contribution in [3.8, 4) is 0 Å². The summed E-state index contributed by atoms with van der Waals surface area (Å²) < 4.78 is 12.5. The number of hydrogen-bond acceptors (Lipinski definition) is 3. The van der Waals surface area contributed by atoms with Gasteiger partial charge < -0.3 is 5.32 Å². The van der Waals surface area contributed by atoms with Gasteiger partial charge in [0.2, 0.25) is 5.91 Å². The Hall–Kier alpha value is -2.37. The summed E-state index contributed by atoms with van der Waals surface area (Å²) >= 11 is 1.57. The van der Waals surface area contributed by atoms with Crippen LogP contribution in [0.2, 0.25) is 0 Å². The Morgan fingerprint density at radius 3 is 2.50 bits per heavy atom.